The number of hydrogen-bond acceptors (Lipinski definition) is 6. The molecule has 9 heteroatoms. The zero-order valence-corrected chi connectivity index (χ0v) is 15.3. The number of rotatable bonds is 2. The molecule has 0 unspecified atom stereocenters. The summed E-state index contributed by atoms with van der Waals surface area (Å²) >= 11 is 0. The van der Waals surface area contributed by atoms with E-state index in [2.05, 4.69) is 15.5 Å². The fourth-order valence-corrected chi connectivity index (χ4v) is 3.89. The van der Waals surface area contributed by atoms with Gasteiger partial charge in [-0.1, -0.05) is 0 Å². The number of hydrogen-bond donors (Lipinski definition) is 1. The van der Waals surface area contributed by atoms with Gasteiger partial charge in [0.2, 0.25) is 11.8 Å². The van der Waals surface area contributed by atoms with E-state index in [1.807, 2.05) is 4.90 Å². The first-order valence-corrected chi connectivity index (χ1v) is 9.29. The molecule has 1 saturated heterocycles. The lowest BCUT2D eigenvalue weighted by Crippen LogP contribution is -2.43. The molecule has 27 heavy (non-hydrogen) atoms. The number of fused-ring (bicyclic) bond motifs is 1. The second-order valence-corrected chi connectivity index (χ2v) is 7.14. The molecule has 0 bridgehead atoms. The van der Waals surface area contributed by atoms with Crippen molar-refractivity contribution in [3.05, 3.63) is 23.3 Å². The fraction of sp³-hybridized carbons (Fsp3) is 0.556. The first-order chi connectivity index (χ1) is 13.0. The van der Waals surface area contributed by atoms with E-state index in [1.54, 1.807) is 18.0 Å². The van der Waals surface area contributed by atoms with Gasteiger partial charge in [-0.2, -0.15) is 5.10 Å². The average Bonchev–Trinajstić information content (AvgIpc) is 3.17. The van der Waals surface area contributed by atoms with Gasteiger partial charge in [0.25, 0.3) is 5.91 Å². The highest BCUT2D eigenvalue weighted by Crippen LogP contribution is 2.30. The summed E-state index contributed by atoms with van der Waals surface area (Å²) in [4.78, 5) is 48.4. The number of likely N-dealkylation sites (tertiary alicyclic amines) is 1. The van der Waals surface area contributed by atoms with E-state index in [0.29, 0.717) is 37.5 Å². The van der Waals surface area contributed by atoms with E-state index in [1.165, 1.54) is 0 Å². The monoisotopic (exact) mass is 370 g/mol. The van der Waals surface area contributed by atoms with Crippen molar-refractivity contribution in [2.75, 3.05) is 13.1 Å². The Morgan fingerprint density at radius 1 is 1.22 bits per heavy atom. The van der Waals surface area contributed by atoms with E-state index in [9.17, 15) is 14.4 Å². The van der Waals surface area contributed by atoms with Crippen molar-refractivity contribution < 1.29 is 14.4 Å². The molecule has 3 aliphatic heterocycles. The Kier molecular flexibility index (Phi) is 4.59. The number of carbonyl (C=O) groups is 3. The highest BCUT2D eigenvalue weighted by Gasteiger charge is 2.32. The van der Waals surface area contributed by atoms with Crippen LogP contribution in [0.15, 0.2) is 11.3 Å². The smallest absolute Gasteiger partial charge is 0.270 e. The zero-order valence-electron chi connectivity index (χ0n) is 15.3. The van der Waals surface area contributed by atoms with E-state index in [4.69, 9.17) is 4.98 Å². The van der Waals surface area contributed by atoms with Gasteiger partial charge < -0.3 is 9.80 Å². The second-order valence-electron chi connectivity index (χ2n) is 7.14. The highest BCUT2D eigenvalue weighted by molar-refractivity contribution is 6.39. The molecule has 3 aliphatic rings. The Hall–Kier alpha value is -2.84. The molecule has 1 fully saturated rings. The molecule has 0 aliphatic carbocycles. The van der Waals surface area contributed by atoms with Crippen molar-refractivity contribution in [2.24, 2.45) is 5.10 Å². The van der Waals surface area contributed by atoms with E-state index in [-0.39, 0.29) is 30.2 Å². The third-order valence-corrected chi connectivity index (χ3v) is 5.35. The van der Waals surface area contributed by atoms with Gasteiger partial charge in [0.05, 0.1) is 11.7 Å². The van der Waals surface area contributed by atoms with Crippen molar-refractivity contribution >= 4 is 23.4 Å². The summed E-state index contributed by atoms with van der Waals surface area (Å²) in [6, 6.07) is -0.0485. The van der Waals surface area contributed by atoms with Crippen LogP contribution in [0.1, 0.15) is 55.7 Å². The molecule has 1 aromatic rings. The lowest BCUT2D eigenvalue weighted by molar-refractivity contribution is -0.130. The molecular weight excluding hydrogens is 348 g/mol. The van der Waals surface area contributed by atoms with Crippen LogP contribution in [0.25, 0.3) is 0 Å². The summed E-state index contributed by atoms with van der Waals surface area (Å²) < 4.78 is 0. The van der Waals surface area contributed by atoms with Gasteiger partial charge >= 0.3 is 0 Å². The van der Waals surface area contributed by atoms with Gasteiger partial charge in [0.15, 0.2) is 5.82 Å². The number of hydrazone groups is 1. The van der Waals surface area contributed by atoms with Crippen molar-refractivity contribution in [1.82, 2.24) is 25.2 Å². The maximum atomic E-state index is 12.6. The lowest BCUT2D eigenvalue weighted by atomic mass is 10.0. The zero-order chi connectivity index (χ0) is 19.0. The van der Waals surface area contributed by atoms with E-state index < -0.39 is 0 Å². The van der Waals surface area contributed by atoms with Crippen LogP contribution >= 0.6 is 0 Å². The molecule has 0 radical (unpaired) electrons. The molecule has 9 nitrogen and oxygen atoms in total. The van der Waals surface area contributed by atoms with Gasteiger partial charge in [-0.25, -0.2) is 15.4 Å². The molecule has 1 aromatic heterocycles. The number of nitrogens with one attached hydrogen (secondary N) is 1. The summed E-state index contributed by atoms with van der Waals surface area (Å²) in [6.07, 6.45) is 4.92. The minimum absolute atomic E-state index is 0.0485. The van der Waals surface area contributed by atoms with Crippen LogP contribution in [-0.4, -0.2) is 56.3 Å². The highest BCUT2D eigenvalue weighted by atomic mass is 16.2. The van der Waals surface area contributed by atoms with Gasteiger partial charge in [0, 0.05) is 57.6 Å². The van der Waals surface area contributed by atoms with Crippen LogP contribution in [0.5, 0.6) is 0 Å². The Morgan fingerprint density at radius 2 is 2.07 bits per heavy atom. The summed E-state index contributed by atoms with van der Waals surface area (Å²) in [6.45, 7) is 3.32. The third-order valence-electron chi connectivity index (χ3n) is 5.35. The van der Waals surface area contributed by atoms with Crippen LogP contribution in [-0.2, 0) is 27.3 Å². The quantitative estimate of drug-likeness (QED) is 0.806. The van der Waals surface area contributed by atoms with Crippen LogP contribution < -0.4 is 5.43 Å². The number of amides is 3. The van der Waals surface area contributed by atoms with E-state index in [0.717, 1.165) is 30.6 Å². The van der Waals surface area contributed by atoms with Gasteiger partial charge in [-0.05, 0) is 12.8 Å². The summed E-state index contributed by atoms with van der Waals surface area (Å²) in [5.41, 5.74) is 4.62. The molecule has 1 atom stereocenters. The number of aromatic nitrogens is 2. The van der Waals surface area contributed by atoms with Gasteiger partial charge in [-0.3, -0.25) is 14.4 Å². The van der Waals surface area contributed by atoms with Crippen LogP contribution in [0, 0.1) is 0 Å². The Morgan fingerprint density at radius 3 is 2.81 bits per heavy atom. The predicted octanol–water partition coefficient (Wildman–Crippen LogP) is 0.311. The Balaban J connectivity index is 1.49. The molecule has 0 saturated carbocycles. The van der Waals surface area contributed by atoms with Crippen LogP contribution in [0.3, 0.4) is 0 Å². The van der Waals surface area contributed by atoms with Crippen molar-refractivity contribution in [3.63, 3.8) is 0 Å². The van der Waals surface area contributed by atoms with Crippen molar-refractivity contribution in [1.29, 1.82) is 0 Å². The minimum atomic E-state index is -0.164. The number of nitrogens with zero attached hydrogens (tertiary/aromatic N) is 5. The van der Waals surface area contributed by atoms with Crippen LogP contribution in [0.4, 0.5) is 0 Å². The van der Waals surface area contributed by atoms with E-state index >= 15 is 0 Å². The van der Waals surface area contributed by atoms with Crippen molar-refractivity contribution in [3.8, 4) is 0 Å². The first-order valence-electron chi connectivity index (χ1n) is 9.29. The fourth-order valence-electron chi connectivity index (χ4n) is 3.89. The normalized spacial score (nSPS) is 22.2. The minimum Gasteiger partial charge on any atom is -0.333 e. The molecule has 3 amide bonds. The topological polar surface area (TPSA) is 108 Å². The second kappa shape index (κ2) is 7.05. The van der Waals surface area contributed by atoms with Gasteiger partial charge in [0.1, 0.15) is 5.71 Å². The third kappa shape index (κ3) is 3.41. The molecule has 0 aromatic carbocycles. The summed E-state index contributed by atoms with van der Waals surface area (Å²) in [5.74, 6) is 0.433. The molecule has 142 valence electrons. The molecule has 4 rings (SSSR count). The standard InChI is InChI=1S/C18H22N6O3/c1-11(25)24-7-2-3-15(24)17-19-9-12-10-23(8-6-13(12)20-17)18(27)14-4-5-16(26)22-21-14/h9,15H,2-8,10H2,1H3,(H,22,26)/t15-/m1/s1. The largest absolute Gasteiger partial charge is 0.333 e. The first kappa shape index (κ1) is 17.6. The molecule has 4 heterocycles. The predicted molar refractivity (Wildman–Crippen MR) is 95.3 cm³/mol. The SMILES string of the molecule is CC(=O)N1CCC[C@@H]1c1ncc2c(n1)CCN(C(=O)C1=NNC(=O)CC1)C2. The van der Waals surface area contributed by atoms with Crippen LogP contribution in [0.2, 0.25) is 0 Å². The molecule has 1 N–H and O–H groups in total. The summed E-state index contributed by atoms with van der Waals surface area (Å²) in [7, 11) is 0. The average molecular weight is 370 g/mol. The maximum Gasteiger partial charge on any atom is 0.270 e. The molecular formula is C18H22N6O3. The number of carbonyl (C=O) groups excluding carboxylic acids is 3. The van der Waals surface area contributed by atoms with Gasteiger partial charge in [-0.15, -0.1) is 0 Å². The lowest BCUT2D eigenvalue weighted by Gasteiger charge is -2.30. The maximum absolute atomic E-state index is 12.6. The van der Waals surface area contributed by atoms with Crippen molar-refractivity contribution in [2.45, 2.75) is 51.6 Å². The Labute approximate surface area is 156 Å². The summed E-state index contributed by atoms with van der Waals surface area (Å²) in [5, 5.41) is 3.89. The molecule has 0 spiro atoms. The Bertz CT molecular complexity index is 836.